The lowest BCUT2D eigenvalue weighted by molar-refractivity contribution is -0.604. The lowest BCUT2D eigenvalue weighted by Gasteiger charge is -2.21. The number of hydrogen-bond donors (Lipinski definition) is 0. The van der Waals surface area contributed by atoms with Gasteiger partial charge in [-0.2, -0.15) is 0 Å². The Morgan fingerprint density at radius 1 is 0.947 bits per heavy atom. The van der Waals surface area contributed by atoms with Crippen LogP contribution >= 0.6 is 0 Å². The van der Waals surface area contributed by atoms with Gasteiger partial charge in [0, 0.05) is 24.3 Å². The van der Waals surface area contributed by atoms with Gasteiger partial charge in [-0.25, -0.2) is 14.9 Å². The maximum atomic E-state index is 12.0. The number of rotatable bonds is 3. The van der Waals surface area contributed by atoms with E-state index in [0.29, 0.717) is 11.4 Å². The van der Waals surface area contributed by atoms with Crippen LogP contribution in [0.1, 0.15) is 6.92 Å². The van der Waals surface area contributed by atoms with Crippen LogP contribution in [-0.4, -0.2) is 10.9 Å². The molecule has 0 saturated carbocycles. The van der Waals surface area contributed by atoms with Crippen molar-refractivity contribution in [1.82, 2.24) is 4.59 Å². The number of amides is 1. The summed E-state index contributed by atoms with van der Waals surface area (Å²) in [4.78, 5) is 23.7. The molecular weight excluding hydrogens is 244 g/mol. The molecule has 5 heteroatoms. The van der Waals surface area contributed by atoms with Gasteiger partial charge in [-0.15, -0.1) is 0 Å². The van der Waals surface area contributed by atoms with E-state index in [1.807, 2.05) is 0 Å². The van der Waals surface area contributed by atoms with E-state index in [2.05, 4.69) is 0 Å². The Balaban J connectivity index is 2.77. The van der Waals surface area contributed by atoms with Gasteiger partial charge in [-0.3, -0.25) is 0 Å². The summed E-state index contributed by atoms with van der Waals surface area (Å²) in [7, 11) is 0. The van der Waals surface area contributed by atoms with E-state index >= 15 is 0 Å². The predicted octanol–water partition coefficient (Wildman–Crippen LogP) is 3.06. The van der Waals surface area contributed by atoms with Crippen molar-refractivity contribution in [2.24, 2.45) is 0 Å². The van der Waals surface area contributed by atoms with E-state index in [1.165, 1.54) is 6.92 Å². The molecule has 0 atom stereocenters. The molecule has 19 heavy (non-hydrogen) atoms. The third-order valence-corrected chi connectivity index (χ3v) is 2.96. The quantitative estimate of drug-likeness (QED) is 0.482. The van der Waals surface area contributed by atoms with Crippen molar-refractivity contribution in [3.63, 3.8) is 0 Å². The number of quaternary nitrogens is 1. The van der Waals surface area contributed by atoms with Crippen LogP contribution in [0.3, 0.4) is 0 Å². The van der Waals surface area contributed by atoms with Gasteiger partial charge in [0.25, 0.3) is 5.03 Å². The van der Waals surface area contributed by atoms with Gasteiger partial charge in [0.1, 0.15) is 0 Å². The van der Waals surface area contributed by atoms with Crippen LogP contribution < -0.4 is 4.59 Å². The normalized spacial score (nSPS) is 11.0. The fourth-order valence-corrected chi connectivity index (χ4v) is 2.10. The second kappa shape index (κ2) is 4.99. The van der Waals surface area contributed by atoms with Gasteiger partial charge in [0.15, 0.2) is 0 Å². The molecule has 0 radical (unpaired) electrons. The average molecular weight is 257 g/mol. The second-order valence-corrected chi connectivity index (χ2v) is 4.06. The molecular formula is C14H13N2O3+. The van der Waals surface area contributed by atoms with Gasteiger partial charge < -0.3 is 0 Å². The van der Waals surface area contributed by atoms with Crippen molar-refractivity contribution >= 4 is 17.3 Å². The number of benzene rings is 2. The zero-order valence-electron chi connectivity index (χ0n) is 10.4. The van der Waals surface area contributed by atoms with Gasteiger partial charge in [-0.05, 0) is 0 Å². The molecule has 2 aromatic carbocycles. The Kier molecular flexibility index (Phi) is 3.39. The monoisotopic (exact) mass is 257 g/mol. The Morgan fingerprint density at radius 2 is 1.32 bits per heavy atom. The van der Waals surface area contributed by atoms with E-state index in [9.17, 15) is 14.9 Å². The molecule has 0 bridgehead atoms. The van der Waals surface area contributed by atoms with Gasteiger partial charge in [-0.1, -0.05) is 36.4 Å². The summed E-state index contributed by atoms with van der Waals surface area (Å²) in [5, 5.41) is 11.0. The van der Waals surface area contributed by atoms with Crippen LogP contribution in [0.15, 0.2) is 60.7 Å². The van der Waals surface area contributed by atoms with Crippen molar-refractivity contribution in [2.45, 2.75) is 6.92 Å². The second-order valence-electron chi connectivity index (χ2n) is 4.06. The summed E-state index contributed by atoms with van der Waals surface area (Å²) in [5.74, 6) is -0.567. The van der Waals surface area contributed by atoms with E-state index < -0.39 is 15.5 Å². The van der Waals surface area contributed by atoms with Gasteiger partial charge in [0.05, 0.1) is 11.5 Å². The summed E-state index contributed by atoms with van der Waals surface area (Å²) >= 11 is 0. The van der Waals surface area contributed by atoms with E-state index in [4.69, 9.17) is 0 Å². The molecule has 0 aliphatic carbocycles. The molecule has 0 N–H and O–H groups in total. The maximum absolute atomic E-state index is 12.0. The third kappa shape index (κ3) is 2.00. The first-order chi connectivity index (χ1) is 9.10. The molecule has 5 nitrogen and oxygen atoms in total. The highest BCUT2D eigenvalue weighted by Crippen LogP contribution is 2.34. The zero-order chi connectivity index (χ0) is 13.9. The molecule has 0 aliphatic heterocycles. The average Bonchev–Trinajstić information content (AvgIpc) is 2.41. The molecule has 1 amide bonds. The SMILES string of the molecule is CC(=O)[N+](c1ccccc1)(c1ccccc1)[N+](=O)[O-]. The van der Waals surface area contributed by atoms with Crippen LogP contribution in [0.2, 0.25) is 0 Å². The summed E-state index contributed by atoms with van der Waals surface area (Å²) in [6.45, 7) is 1.22. The Morgan fingerprint density at radius 3 is 1.58 bits per heavy atom. The van der Waals surface area contributed by atoms with Crippen molar-refractivity contribution in [3.8, 4) is 0 Å². The standard InChI is InChI=1S/C14H13N2O3/c1-12(17)16(15(18)19,13-8-4-2-5-9-13)14-10-6-3-7-11-14/h2-11H,1H3/q+1. The van der Waals surface area contributed by atoms with Crippen LogP contribution in [0, 0.1) is 10.1 Å². The zero-order valence-corrected chi connectivity index (χ0v) is 10.4. The topological polar surface area (TPSA) is 60.2 Å². The minimum atomic E-state index is -1.03. The summed E-state index contributed by atoms with van der Waals surface area (Å²) in [6.07, 6.45) is 0. The highest BCUT2D eigenvalue weighted by molar-refractivity contribution is 5.91. The smallest absolute Gasteiger partial charge is 0.224 e. The van der Waals surface area contributed by atoms with Crippen molar-refractivity contribution < 1.29 is 9.83 Å². The van der Waals surface area contributed by atoms with Crippen molar-refractivity contribution in [1.29, 1.82) is 0 Å². The summed E-state index contributed by atoms with van der Waals surface area (Å²) < 4.78 is -1.03. The minimum absolute atomic E-state index is 0.311. The number of carbonyl (C=O) groups excluding carboxylic acids is 1. The third-order valence-electron chi connectivity index (χ3n) is 2.96. The van der Waals surface area contributed by atoms with Crippen LogP contribution in [0.25, 0.3) is 0 Å². The fraction of sp³-hybridized carbons (Fsp3) is 0.0714. The molecule has 0 saturated heterocycles. The predicted molar refractivity (Wildman–Crippen MR) is 72.0 cm³/mol. The number of hydrogen-bond acceptors (Lipinski definition) is 3. The van der Waals surface area contributed by atoms with Crippen molar-refractivity contribution in [2.75, 3.05) is 0 Å². The van der Waals surface area contributed by atoms with E-state index in [1.54, 1.807) is 60.7 Å². The lowest BCUT2D eigenvalue weighted by Crippen LogP contribution is -2.53. The number of carbonyl (C=O) groups is 1. The van der Waals surface area contributed by atoms with Crippen LogP contribution in [-0.2, 0) is 4.79 Å². The highest BCUT2D eigenvalue weighted by atomic mass is 16.7. The van der Waals surface area contributed by atoms with E-state index in [-0.39, 0.29) is 0 Å². The molecule has 0 aromatic heterocycles. The number of nitro groups is 1. The summed E-state index contributed by atoms with van der Waals surface area (Å²) in [5.41, 5.74) is 0.623. The largest absolute Gasteiger partial charge is 0.382 e. The fourth-order valence-electron chi connectivity index (χ4n) is 2.10. The first-order valence-corrected chi connectivity index (χ1v) is 5.76. The Labute approximate surface area is 110 Å². The minimum Gasteiger partial charge on any atom is -0.224 e. The Hall–Kier alpha value is -2.53. The first-order valence-electron chi connectivity index (χ1n) is 5.76. The van der Waals surface area contributed by atoms with E-state index in [0.717, 1.165) is 0 Å². The molecule has 0 aliphatic rings. The molecule has 0 heterocycles. The van der Waals surface area contributed by atoms with Crippen molar-refractivity contribution in [3.05, 3.63) is 70.8 Å². The lowest BCUT2D eigenvalue weighted by atomic mass is 10.2. The molecule has 0 unspecified atom stereocenters. The molecule has 2 aromatic rings. The van der Waals surface area contributed by atoms with Crippen LogP contribution in [0.5, 0.6) is 0 Å². The highest BCUT2D eigenvalue weighted by Gasteiger charge is 2.52. The summed E-state index contributed by atoms with van der Waals surface area (Å²) in [6, 6.07) is 16.5. The van der Waals surface area contributed by atoms with Crippen LogP contribution in [0.4, 0.5) is 11.4 Å². The number of para-hydroxylation sites is 2. The molecule has 0 spiro atoms. The molecule has 0 fully saturated rings. The van der Waals surface area contributed by atoms with Gasteiger partial charge in [0.2, 0.25) is 11.4 Å². The first kappa shape index (κ1) is 12.9. The molecule has 2 rings (SSSR count). The van der Waals surface area contributed by atoms with Gasteiger partial charge >= 0.3 is 5.91 Å². The maximum Gasteiger partial charge on any atom is 0.382 e. The Bertz CT molecular complexity index is 541. The molecule has 96 valence electrons. The number of nitrogens with zero attached hydrogens (tertiary/aromatic N) is 2.